The van der Waals surface area contributed by atoms with E-state index in [0.29, 0.717) is 21.8 Å². The number of thiazole rings is 1. The molecule has 0 spiro atoms. The van der Waals surface area contributed by atoms with Crippen LogP contribution in [0.15, 0.2) is 29.6 Å². The first-order valence-electron chi connectivity index (χ1n) is 8.88. The number of rotatable bonds is 6. The van der Waals surface area contributed by atoms with Crippen molar-refractivity contribution in [1.29, 1.82) is 0 Å². The predicted molar refractivity (Wildman–Crippen MR) is 113 cm³/mol. The number of carbonyl (C=O) groups excluding carboxylic acids is 2. The first-order valence-corrected chi connectivity index (χ1v) is 11.3. The molecule has 0 bridgehead atoms. The normalized spacial score (nSPS) is 17.0. The summed E-state index contributed by atoms with van der Waals surface area (Å²) < 4.78 is 0. The lowest BCUT2D eigenvalue weighted by atomic mass is 10.0. The summed E-state index contributed by atoms with van der Waals surface area (Å²) in [5.74, 6) is 1.13. The molecule has 1 unspecified atom stereocenters. The standard InChI is InChI=1S/C19H22ClN3O2S2/c1-13-3-2-8-23(9-13)18(25)12-26-11-17(24)22-19-21-16(10-27-19)14-4-6-15(20)7-5-14/h4-7,10,13H,2-3,8-9,11-12H2,1H3,(H,21,22,24). The third-order valence-electron chi connectivity index (χ3n) is 4.36. The molecule has 1 aliphatic heterocycles. The number of aromatic nitrogens is 1. The first kappa shape index (κ1) is 20.2. The number of carbonyl (C=O) groups is 2. The SMILES string of the molecule is CC1CCCN(C(=O)CSCC(=O)Nc2nc(-c3ccc(Cl)cc3)cs2)C1. The number of halogens is 1. The molecular formula is C19H22ClN3O2S2. The van der Waals surface area contributed by atoms with Gasteiger partial charge in [0.25, 0.3) is 0 Å². The lowest BCUT2D eigenvalue weighted by molar-refractivity contribution is -0.130. The van der Waals surface area contributed by atoms with Crippen molar-refractivity contribution >= 4 is 51.6 Å². The van der Waals surface area contributed by atoms with Gasteiger partial charge in [-0.15, -0.1) is 23.1 Å². The number of piperidine rings is 1. The van der Waals surface area contributed by atoms with Gasteiger partial charge in [-0.25, -0.2) is 4.98 Å². The van der Waals surface area contributed by atoms with Gasteiger partial charge in [-0.3, -0.25) is 9.59 Å². The molecule has 1 fully saturated rings. The Labute approximate surface area is 172 Å². The summed E-state index contributed by atoms with van der Waals surface area (Å²) in [6.45, 7) is 3.84. The van der Waals surface area contributed by atoms with Crippen molar-refractivity contribution < 1.29 is 9.59 Å². The van der Waals surface area contributed by atoms with Crippen molar-refractivity contribution in [3.05, 3.63) is 34.7 Å². The summed E-state index contributed by atoms with van der Waals surface area (Å²) in [4.78, 5) is 30.7. The van der Waals surface area contributed by atoms with Gasteiger partial charge in [0.05, 0.1) is 17.2 Å². The van der Waals surface area contributed by atoms with Gasteiger partial charge in [0.2, 0.25) is 11.8 Å². The van der Waals surface area contributed by atoms with Crippen LogP contribution >= 0.6 is 34.7 Å². The maximum atomic E-state index is 12.2. The summed E-state index contributed by atoms with van der Waals surface area (Å²) in [7, 11) is 0. The average molecular weight is 424 g/mol. The Hall–Kier alpha value is -1.57. The van der Waals surface area contributed by atoms with Crippen LogP contribution < -0.4 is 5.32 Å². The Morgan fingerprint density at radius 1 is 1.33 bits per heavy atom. The van der Waals surface area contributed by atoms with E-state index in [1.165, 1.54) is 29.5 Å². The molecule has 3 rings (SSSR count). The predicted octanol–water partition coefficient (Wildman–Crippen LogP) is 4.39. The van der Waals surface area contributed by atoms with E-state index in [4.69, 9.17) is 11.6 Å². The van der Waals surface area contributed by atoms with E-state index >= 15 is 0 Å². The number of hydrogen-bond acceptors (Lipinski definition) is 5. The third kappa shape index (κ3) is 5.96. The molecule has 1 aromatic heterocycles. The molecule has 27 heavy (non-hydrogen) atoms. The van der Waals surface area contributed by atoms with Crippen LogP contribution in [-0.2, 0) is 9.59 Å². The van der Waals surface area contributed by atoms with E-state index in [2.05, 4.69) is 17.2 Å². The van der Waals surface area contributed by atoms with Gasteiger partial charge in [0.15, 0.2) is 5.13 Å². The van der Waals surface area contributed by atoms with Gasteiger partial charge < -0.3 is 10.2 Å². The molecular weight excluding hydrogens is 402 g/mol. The number of nitrogens with one attached hydrogen (secondary N) is 1. The molecule has 2 heterocycles. The second-order valence-electron chi connectivity index (χ2n) is 6.67. The lowest BCUT2D eigenvalue weighted by Gasteiger charge is -2.30. The summed E-state index contributed by atoms with van der Waals surface area (Å²) in [6.07, 6.45) is 2.25. The van der Waals surface area contributed by atoms with Crippen molar-refractivity contribution in [3.63, 3.8) is 0 Å². The van der Waals surface area contributed by atoms with Gasteiger partial charge >= 0.3 is 0 Å². The van der Waals surface area contributed by atoms with Gasteiger partial charge in [-0.05, 0) is 30.9 Å². The van der Waals surface area contributed by atoms with Crippen molar-refractivity contribution in [2.24, 2.45) is 5.92 Å². The largest absolute Gasteiger partial charge is 0.342 e. The van der Waals surface area contributed by atoms with Crippen LogP contribution in [0.3, 0.4) is 0 Å². The van der Waals surface area contributed by atoms with Crippen LogP contribution in [0, 0.1) is 5.92 Å². The van der Waals surface area contributed by atoms with Crippen molar-refractivity contribution in [3.8, 4) is 11.3 Å². The number of nitrogens with zero attached hydrogens (tertiary/aromatic N) is 2. The number of anilines is 1. The van der Waals surface area contributed by atoms with E-state index in [1.54, 1.807) is 0 Å². The summed E-state index contributed by atoms with van der Waals surface area (Å²) >= 11 is 8.62. The van der Waals surface area contributed by atoms with E-state index in [1.807, 2.05) is 34.5 Å². The monoisotopic (exact) mass is 423 g/mol. The molecule has 0 saturated carbocycles. The fraction of sp³-hybridized carbons (Fsp3) is 0.421. The molecule has 2 amide bonds. The molecule has 2 aromatic rings. The average Bonchev–Trinajstić information content (AvgIpc) is 3.10. The van der Waals surface area contributed by atoms with Crippen LogP contribution in [0.5, 0.6) is 0 Å². The molecule has 5 nitrogen and oxygen atoms in total. The fourth-order valence-corrected chi connectivity index (χ4v) is 4.56. The Kier molecular flexibility index (Phi) is 7.15. The number of hydrogen-bond donors (Lipinski definition) is 1. The van der Waals surface area contributed by atoms with Crippen molar-refractivity contribution in [2.75, 3.05) is 29.9 Å². The number of thioether (sulfide) groups is 1. The van der Waals surface area contributed by atoms with Crippen LogP contribution in [0.2, 0.25) is 5.02 Å². The van der Waals surface area contributed by atoms with Gasteiger partial charge in [0, 0.05) is 29.1 Å². The Balaban J connectivity index is 1.43. The smallest absolute Gasteiger partial charge is 0.236 e. The van der Waals surface area contributed by atoms with E-state index in [-0.39, 0.29) is 17.6 Å². The highest BCUT2D eigenvalue weighted by atomic mass is 35.5. The highest BCUT2D eigenvalue weighted by Crippen LogP contribution is 2.26. The Bertz CT molecular complexity index is 795. The van der Waals surface area contributed by atoms with Crippen LogP contribution in [0.25, 0.3) is 11.3 Å². The number of likely N-dealkylation sites (tertiary alicyclic amines) is 1. The molecule has 1 saturated heterocycles. The van der Waals surface area contributed by atoms with Crippen LogP contribution in [0.1, 0.15) is 19.8 Å². The second kappa shape index (κ2) is 9.57. The molecule has 0 aliphatic carbocycles. The Morgan fingerprint density at radius 3 is 2.85 bits per heavy atom. The molecule has 1 N–H and O–H groups in total. The molecule has 144 valence electrons. The van der Waals surface area contributed by atoms with Crippen molar-refractivity contribution in [1.82, 2.24) is 9.88 Å². The fourth-order valence-electron chi connectivity index (χ4n) is 2.98. The quantitative estimate of drug-likeness (QED) is 0.748. The molecule has 0 radical (unpaired) electrons. The molecule has 1 atom stereocenters. The van der Waals surface area contributed by atoms with E-state index < -0.39 is 0 Å². The number of benzene rings is 1. The van der Waals surface area contributed by atoms with E-state index in [9.17, 15) is 9.59 Å². The zero-order valence-electron chi connectivity index (χ0n) is 15.1. The first-order chi connectivity index (χ1) is 13.0. The molecule has 8 heteroatoms. The van der Waals surface area contributed by atoms with Crippen LogP contribution in [0.4, 0.5) is 5.13 Å². The van der Waals surface area contributed by atoms with Crippen molar-refractivity contribution in [2.45, 2.75) is 19.8 Å². The van der Waals surface area contributed by atoms with E-state index in [0.717, 1.165) is 30.8 Å². The minimum absolute atomic E-state index is 0.124. The molecule has 1 aliphatic rings. The highest BCUT2D eigenvalue weighted by Gasteiger charge is 2.20. The summed E-state index contributed by atoms with van der Waals surface area (Å²) in [5.41, 5.74) is 1.75. The summed E-state index contributed by atoms with van der Waals surface area (Å²) in [6, 6.07) is 7.41. The lowest BCUT2D eigenvalue weighted by Crippen LogP contribution is -2.40. The minimum Gasteiger partial charge on any atom is -0.342 e. The minimum atomic E-state index is -0.142. The highest BCUT2D eigenvalue weighted by molar-refractivity contribution is 8.00. The second-order valence-corrected chi connectivity index (χ2v) is 8.95. The third-order valence-corrected chi connectivity index (χ3v) is 6.29. The van der Waals surface area contributed by atoms with Gasteiger partial charge in [0.1, 0.15) is 0 Å². The zero-order chi connectivity index (χ0) is 19.2. The van der Waals surface area contributed by atoms with Crippen LogP contribution in [-0.4, -0.2) is 46.3 Å². The Morgan fingerprint density at radius 2 is 2.11 bits per heavy atom. The van der Waals surface area contributed by atoms with Gasteiger partial charge in [-0.2, -0.15) is 0 Å². The molecule has 1 aromatic carbocycles. The van der Waals surface area contributed by atoms with Gasteiger partial charge in [-0.1, -0.05) is 30.7 Å². The maximum absolute atomic E-state index is 12.2. The zero-order valence-corrected chi connectivity index (χ0v) is 17.5. The number of amides is 2. The summed E-state index contributed by atoms with van der Waals surface area (Å²) in [5, 5.41) is 5.93. The topological polar surface area (TPSA) is 62.3 Å². The maximum Gasteiger partial charge on any atom is 0.236 e.